The van der Waals surface area contributed by atoms with Gasteiger partial charge in [-0.15, -0.1) is 0 Å². The van der Waals surface area contributed by atoms with Gasteiger partial charge >= 0.3 is 0 Å². The van der Waals surface area contributed by atoms with Gasteiger partial charge in [0.15, 0.2) is 6.79 Å². The number of benzene rings is 1. The van der Waals surface area contributed by atoms with Crippen LogP contribution < -0.4 is 10.1 Å². The van der Waals surface area contributed by atoms with E-state index < -0.39 is 10.8 Å². The Bertz CT molecular complexity index is 550. The first kappa shape index (κ1) is 16.3. The van der Waals surface area contributed by atoms with Crippen LogP contribution in [0.1, 0.15) is 24.5 Å². The van der Waals surface area contributed by atoms with Crippen LogP contribution in [0.3, 0.4) is 0 Å². The quantitative estimate of drug-likeness (QED) is 0.865. The molecule has 0 spiro atoms. The molecule has 0 saturated heterocycles. The standard InChI is InChI=1S/C14H18ClNO4S/c1-2-3-16-13(17)8-21(18)7-11-5-12(15)4-10-6-19-9-20-14(10)11/h4-5H,2-3,6-9H2,1H3,(H,16,17)/t21-/m1/s1. The summed E-state index contributed by atoms with van der Waals surface area (Å²) in [7, 11) is -1.30. The minimum absolute atomic E-state index is 0.0161. The second-order valence-corrected chi connectivity index (χ2v) is 6.64. The number of halogens is 1. The van der Waals surface area contributed by atoms with E-state index in [0.29, 0.717) is 23.9 Å². The highest BCUT2D eigenvalue weighted by Gasteiger charge is 2.18. The highest BCUT2D eigenvalue weighted by Crippen LogP contribution is 2.32. The molecule has 1 atom stereocenters. The molecular formula is C14H18ClNO4S. The molecule has 2 rings (SSSR count). The summed E-state index contributed by atoms with van der Waals surface area (Å²) in [6.45, 7) is 3.16. The summed E-state index contributed by atoms with van der Waals surface area (Å²) in [4.78, 5) is 11.6. The van der Waals surface area contributed by atoms with Gasteiger partial charge in [-0.2, -0.15) is 0 Å². The molecule has 1 aliphatic heterocycles. The molecule has 7 heteroatoms. The van der Waals surface area contributed by atoms with E-state index in [1.807, 2.05) is 6.92 Å². The zero-order chi connectivity index (χ0) is 15.2. The third-order valence-corrected chi connectivity index (χ3v) is 4.37. The van der Waals surface area contributed by atoms with Crippen LogP contribution in [0.25, 0.3) is 0 Å². The lowest BCUT2D eigenvalue weighted by Gasteiger charge is -2.21. The van der Waals surface area contributed by atoms with E-state index in [1.165, 1.54) is 0 Å². The molecular weight excluding hydrogens is 314 g/mol. The fraction of sp³-hybridized carbons (Fsp3) is 0.500. The van der Waals surface area contributed by atoms with E-state index in [-0.39, 0.29) is 24.2 Å². The van der Waals surface area contributed by atoms with Crippen LogP contribution in [0, 0.1) is 0 Å². The Hall–Kier alpha value is -1.11. The van der Waals surface area contributed by atoms with Crippen molar-refractivity contribution in [2.24, 2.45) is 0 Å². The van der Waals surface area contributed by atoms with Crippen molar-refractivity contribution in [2.75, 3.05) is 19.1 Å². The minimum atomic E-state index is -1.30. The molecule has 0 unspecified atom stereocenters. The van der Waals surface area contributed by atoms with E-state index >= 15 is 0 Å². The zero-order valence-corrected chi connectivity index (χ0v) is 13.4. The number of carbonyl (C=O) groups is 1. The molecule has 1 amide bonds. The molecule has 0 aromatic heterocycles. The van der Waals surface area contributed by atoms with Gasteiger partial charge in [-0.1, -0.05) is 18.5 Å². The average Bonchev–Trinajstić information content (AvgIpc) is 2.44. The smallest absolute Gasteiger partial charge is 0.232 e. The molecule has 0 aliphatic carbocycles. The predicted octanol–water partition coefficient (Wildman–Crippen LogP) is 1.98. The summed E-state index contributed by atoms with van der Waals surface area (Å²) in [6.07, 6.45) is 0.855. The van der Waals surface area contributed by atoms with Gasteiger partial charge < -0.3 is 14.8 Å². The van der Waals surface area contributed by atoms with Gasteiger partial charge in [-0.05, 0) is 18.6 Å². The first-order chi connectivity index (χ1) is 10.1. The third kappa shape index (κ3) is 4.69. The summed E-state index contributed by atoms with van der Waals surface area (Å²) in [5, 5.41) is 3.26. The number of hydrogen-bond acceptors (Lipinski definition) is 4. The summed E-state index contributed by atoms with van der Waals surface area (Å²) in [5.74, 6) is 0.698. The molecule has 116 valence electrons. The summed E-state index contributed by atoms with van der Waals surface area (Å²) < 4.78 is 22.8. The Morgan fingerprint density at radius 2 is 2.29 bits per heavy atom. The second kappa shape index (κ2) is 7.77. The van der Waals surface area contributed by atoms with Crippen molar-refractivity contribution in [3.05, 3.63) is 28.3 Å². The Morgan fingerprint density at radius 3 is 3.05 bits per heavy atom. The Balaban J connectivity index is 2.04. The van der Waals surface area contributed by atoms with Gasteiger partial charge in [-0.25, -0.2) is 0 Å². The van der Waals surface area contributed by atoms with Gasteiger partial charge in [0.05, 0.1) is 12.4 Å². The molecule has 0 radical (unpaired) electrons. The maximum atomic E-state index is 12.1. The van der Waals surface area contributed by atoms with Crippen LogP contribution in [-0.2, 0) is 32.7 Å². The van der Waals surface area contributed by atoms with Crippen LogP contribution in [-0.4, -0.2) is 29.2 Å². The maximum absolute atomic E-state index is 12.1. The van der Waals surface area contributed by atoms with E-state index in [0.717, 1.165) is 17.5 Å². The average molecular weight is 332 g/mol. The van der Waals surface area contributed by atoms with E-state index in [2.05, 4.69) is 5.32 Å². The lowest BCUT2D eigenvalue weighted by Crippen LogP contribution is -2.29. The molecule has 1 aromatic carbocycles. The largest absolute Gasteiger partial charge is 0.467 e. The summed E-state index contributed by atoms with van der Waals surface area (Å²) in [5.41, 5.74) is 1.60. The van der Waals surface area contributed by atoms with Crippen LogP contribution in [0.2, 0.25) is 5.02 Å². The van der Waals surface area contributed by atoms with Crippen molar-refractivity contribution in [1.29, 1.82) is 0 Å². The number of nitrogens with one attached hydrogen (secondary N) is 1. The highest BCUT2D eigenvalue weighted by atomic mass is 35.5. The van der Waals surface area contributed by atoms with Gasteiger partial charge in [0.1, 0.15) is 11.5 Å². The van der Waals surface area contributed by atoms with Crippen LogP contribution in [0.15, 0.2) is 12.1 Å². The molecule has 1 aromatic rings. The van der Waals surface area contributed by atoms with Crippen molar-refractivity contribution in [2.45, 2.75) is 25.7 Å². The highest BCUT2D eigenvalue weighted by molar-refractivity contribution is 7.84. The lowest BCUT2D eigenvalue weighted by molar-refractivity contribution is -0.118. The van der Waals surface area contributed by atoms with Gasteiger partial charge in [0.2, 0.25) is 5.91 Å². The molecule has 1 N–H and O–H groups in total. The van der Waals surface area contributed by atoms with E-state index in [9.17, 15) is 9.00 Å². The van der Waals surface area contributed by atoms with Crippen LogP contribution in [0.5, 0.6) is 5.75 Å². The van der Waals surface area contributed by atoms with Gasteiger partial charge in [-0.3, -0.25) is 9.00 Å². The molecule has 0 saturated carbocycles. The fourth-order valence-corrected chi connectivity index (χ4v) is 3.37. The SMILES string of the molecule is CCCNC(=O)C[S@](=O)Cc1cc(Cl)cc2c1OCOC2. The lowest BCUT2D eigenvalue weighted by atomic mass is 10.1. The molecule has 0 fully saturated rings. The Morgan fingerprint density at radius 1 is 1.48 bits per heavy atom. The van der Waals surface area contributed by atoms with Crippen molar-refractivity contribution < 1.29 is 18.5 Å². The maximum Gasteiger partial charge on any atom is 0.232 e. The molecule has 0 bridgehead atoms. The van der Waals surface area contributed by atoms with Crippen LogP contribution in [0.4, 0.5) is 0 Å². The van der Waals surface area contributed by atoms with Crippen molar-refractivity contribution in [1.82, 2.24) is 5.32 Å². The Labute approximate surface area is 131 Å². The summed E-state index contributed by atoms with van der Waals surface area (Å²) >= 11 is 6.05. The number of amides is 1. The van der Waals surface area contributed by atoms with Crippen LogP contribution >= 0.6 is 11.6 Å². The van der Waals surface area contributed by atoms with E-state index in [1.54, 1.807) is 12.1 Å². The summed E-state index contributed by atoms with van der Waals surface area (Å²) in [6, 6.07) is 3.50. The number of hydrogen-bond donors (Lipinski definition) is 1. The first-order valence-electron chi connectivity index (χ1n) is 6.73. The second-order valence-electron chi connectivity index (χ2n) is 4.74. The number of carbonyl (C=O) groups excluding carboxylic acids is 1. The topological polar surface area (TPSA) is 64.6 Å². The third-order valence-electron chi connectivity index (χ3n) is 2.93. The monoisotopic (exact) mass is 331 g/mol. The Kier molecular flexibility index (Phi) is 6.02. The molecule has 1 aliphatic rings. The predicted molar refractivity (Wildman–Crippen MR) is 81.8 cm³/mol. The van der Waals surface area contributed by atoms with E-state index in [4.69, 9.17) is 21.1 Å². The van der Waals surface area contributed by atoms with Crippen molar-refractivity contribution >= 4 is 28.3 Å². The zero-order valence-electron chi connectivity index (χ0n) is 11.8. The van der Waals surface area contributed by atoms with Crippen molar-refractivity contribution in [3.8, 4) is 5.75 Å². The van der Waals surface area contributed by atoms with Gasteiger partial charge in [0.25, 0.3) is 0 Å². The minimum Gasteiger partial charge on any atom is -0.467 e. The normalized spacial score (nSPS) is 15.0. The number of rotatable bonds is 6. The molecule has 5 nitrogen and oxygen atoms in total. The molecule has 21 heavy (non-hydrogen) atoms. The molecule has 1 heterocycles. The van der Waals surface area contributed by atoms with Crippen molar-refractivity contribution in [3.63, 3.8) is 0 Å². The number of fused-ring (bicyclic) bond motifs is 1. The first-order valence-corrected chi connectivity index (χ1v) is 8.60. The van der Waals surface area contributed by atoms with Gasteiger partial charge in [0, 0.05) is 33.5 Å². The fourth-order valence-electron chi connectivity index (χ4n) is 2.05. The number of ether oxygens (including phenoxy) is 2.